The Morgan fingerprint density at radius 3 is 2.15 bits per heavy atom. The minimum absolute atomic E-state index is 0.155. The minimum Gasteiger partial charge on any atom is -0.339 e. The Morgan fingerprint density at radius 2 is 1.58 bits per heavy atom. The molecule has 0 aromatic heterocycles. The Hall–Kier alpha value is -2.11. The monoisotopic (exact) mass is 394 g/mol. The number of piperidine rings is 1. The van der Waals surface area contributed by atoms with Gasteiger partial charge in [0.1, 0.15) is 5.82 Å². The molecule has 136 valence electrons. The summed E-state index contributed by atoms with van der Waals surface area (Å²) in [6.45, 7) is 0.926. The molecule has 0 atom stereocenters. The highest BCUT2D eigenvalue weighted by Crippen LogP contribution is 2.31. The summed E-state index contributed by atoms with van der Waals surface area (Å²) in [6.07, 6.45) is 1.08. The van der Waals surface area contributed by atoms with E-state index in [2.05, 4.69) is 5.32 Å². The van der Waals surface area contributed by atoms with Crippen LogP contribution in [0.4, 0.5) is 10.1 Å². The summed E-state index contributed by atoms with van der Waals surface area (Å²) in [7, 11) is 0. The van der Waals surface area contributed by atoms with Crippen LogP contribution in [0.25, 0.3) is 0 Å². The second kappa shape index (κ2) is 8.06. The van der Waals surface area contributed by atoms with Crippen molar-refractivity contribution in [2.24, 2.45) is 5.92 Å². The van der Waals surface area contributed by atoms with E-state index in [1.807, 2.05) is 0 Å². The lowest BCUT2D eigenvalue weighted by molar-refractivity contribution is -0.121. The maximum atomic E-state index is 13.0. The maximum absolute atomic E-state index is 13.0. The molecule has 1 aliphatic heterocycles. The van der Waals surface area contributed by atoms with Crippen molar-refractivity contribution >= 4 is 40.7 Å². The summed E-state index contributed by atoms with van der Waals surface area (Å²) in [6, 6.07) is 10.5. The number of benzene rings is 2. The number of halogens is 3. The van der Waals surface area contributed by atoms with Crippen LogP contribution in [0.3, 0.4) is 0 Å². The van der Waals surface area contributed by atoms with Crippen LogP contribution in [-0.4, -0.2) is 29.8 Å². The van der Waals surface area contributed by atoms with Gasteiger partial charge in [-0.25, -0.2) is 4.39 Å². The van der Waals surface area contributed by atoms with Crippen molar-refractivity contribution in [1.29, 1.82) is 0 Å². The first-order chi connectivity index (χ1) is 12.5. The number of amides is 2. The second-order valence-corrected chi connectivity index (χ2v) is 6.97. The molecule has 0 aliphatic carbocycles. The van der Waals surface area contributed by atoms with Crippen molar-refractivity contribution in [1.82, 2.24) is 4.90 Å². The standard InChI is InChI=1S/C19H17Cl2FN2O2/c20-15-2-1-3-16(21)17(15)23-18(25)12-8-10-24(11-9-12)19(26)13-4-6-14(22)7-5-13/h1-7,12H,8-11H2,(H,23,25). The summed E-state index contributed by atoms with van der Waals surface area (Å²) in [4.78, 5) is 26.6. The molecular weight excluding hydrogens is 378 g/mol. The fourth-order valence-corrected chi connectivity index (χ4v) is 3.45. The Kier molecular flexibility index (Phi) is 5.79. The zero-order chi connectivity index (χ0) is 18.7. The van der Waals surface area contributed by atoms with Crippen LogP contribution in [0.1, 0.15) is 23.2 Å². The maximum Gasteiger partial charge on any atom is 0.253 e. The number of anilines is 1. The largest absolute Gasteiger partial charge is 0.339 e. The molecule has 0 spiro atoms. The van der Waals surface area contributed by atoms with Gasteiger partial charge in [0.2, 0.25) is 5.91 Å². The molecule has 1 N–H and O–H groups in total. The SMILES string of the molecule is O=C(Nc1c(Cl)cccc1Cl)C1CCN(C(=O)c2ccc(F)cc2)CC1. The summed E-state index contributed by atoms with van der Waals surface area (Å²) < 4.78 is 13.0. The molecule has 26 heavy (non-hydrogen) atoms. The summed E-state index contributed by atoms with van der Waals surface area (Å²) in [5, 5.41) is 3.55. The van der Waals surface area contributed by atoms with Crippen molar-refractivity contribution in [3.8, 4) is 0 Å². The van der Waals surface area contributed by atoms with Crippen LogP contribution in [0.2, 0.25) is 10.0 Å². The number of rotatable bonds is 3. The zero-order valence-electron chi connectivity index (χ0n) is 13.8. The van der Waals surface area contributed by atoms with E-state index in [1.165, 1.54) is 24.3 Å². The van der Waals surface area contributed by atoms with Gasteiger partial charge in [-0.15, -0.1) is 0 Å². The number of likely N-dealkylation sites (tertiary alicyclic amines) is 1. The van der Waals surface area contributed by atoms with Gasteiger partial charge in [-0.05, 0) is 49.2 Å². The van der Waals surface area contributed by atoms with Gasteiger partial charge in [0.25, 0.3) is 5.91 Å². The van der Waals surface area contributed by atoms with Crippen molar-refractivity contribution < 1.29 is 14.0 Å². The number of hydrogen-bond donors (Lipinski definition) is 1. The van der Waals surface area contributed by atoms with E-state index in [9.17, 15) is 14.0 Å². The Balaban J connectivity index is 1.58. The van der Waals surface area contributed by atoms with Crippen molar-refractivity contribution in [3.05, 3.63) is 63.9 Å². The van der Waals surface area contributed by atoms with E-state index in [1.54, 1.807) is 23.1 Å². The van der Waals surface area contributed by atoms with Gasteiger partial charge in [-0.3, -0.25) is 9.59 Å². The number of nitrogens with one attached hydrogen (secondary N) is 1. The first-order valence-corrected chi connectivity index (χ1v) is 9.01. The predicted octanol–water partition coefficient (Wildman–Crippen LogP) is 4.62. The van der Waals surface area contributed by atoms with Gasteiger partial charge in [-0.2, -0.15) is 0 Å². The van der Waals surface area contributed by atoms with Crippen LogP contribution < -0.4 is 5.32 Å². The summed E-state index contributed by atoms with van der Waals surface area (Å²) in [5.74, 6) is -0.915. The zero-order valence-corrected chi connectivity index (χ0v) is 15.4. The predicted molar refractivity (Wildman–Crippen MR) is 100 cm³/mol. The highest BCUT2D eigenvalue weighted by atomic mass is 35.5. The highest BCUT2D eigenvalue weighted by molar-refractivity contribution is 6.39. The highest BCUT2D eigenvalue weighted by Gasteiger charge is 2.28. The summed E-state index contributed by atoms with van der Waals surface area (Å²) in [5.41, 5.74) is 0.850. The molecule has 0 saturated carbocycles. The van der Waals surface area contributed by atoms with E-state index in [4.69, 9.17) is 23.2 Å². The summed E-state index contributed by atoms with van der Waals surface area (Å²) >= 11 is 12.2. The van der Waals surface area contributed by atoms with E-state index in [-0.39, 0.29) is 23.5 Å². The molecule has 0 unspecified atom stereocenters. The molecule has 3 rings (SSSR count). The number of hydrogen-bond acceptors (Lipinski definition) is 2. The molecular formula is C19H17Cl2FN2O2. The van der Waals surface area contributed by atoms with Gasteiger partial charge in [0, 0.05) is 24.6 Å². The minimum atomic E-state index is -0.379. The van der Waals surface area contributed by atoms with Gasteiger partial charge in [-0.1, -0.05) is 29.3 Å². The molecule has 2 aromatic carbocycles. The van der Waals surface area contributed by atoms with Gasteiger partial charge >= 0.3 is 0 Å². The van der Waals surface area contributed by atoms with Gasteiger partial charge in [0.05, 0.1) is 15.7 Å². The van der Waals surface area contributed by atoms with E-state index < -0.39 is 0 Å². The number of carbonyl (C=O) groups is 2. The Morgan fingerprint density at radius 1 is 1.00 bits per heavy atom. The average Bonchev–Trinajstić information content (AvgIpc) is 2.65. The van der Waals surface area contributed by atoms with E-state index in [0.717, 1.165) is 0 Å². The fraction of sp³-hybridized carbons (Fsp3) is 0.263. The second-order valence-electron chi connectivity index (χ2n) is 6.16. The van der Waals surface area contributed by atoms with E-state index in [0.29, 0.717) is 47.2 Å². The molecule has 4 nitrogen and oxygen atoms in total. The van der Waals surface area contributed by atoms with Crippen LogP contribution in [0.5, 0.6) is 0 Å². The normalized spacial score (nSPS) is 15.0. The molecule has 1 fully saturated rings. The number of para-hydroxylation sites is 1. The third-order valence-corrected chi connectivity index (χ3v) is 5.09. The smallest absolute Gasteiger partial charge is 0.253 e. The van der Waals surface area contributed by atoms with Crippen LogP contribution in [0.15, 0.2) is 42.5 Å². The lowest BCUT2D eigenvalue weighted by atomic mass is 9.95. The fourth-order valence-electron chi connectivity index (χ4n) is 2.96. The van der Waals surface area contributed by atoms with Crippen molar-refractivity contribution in [3.63, 3.8) is 0 Å². The molecule has 1 heterocycles. The van der Waals surface area contributed by atoms with Crippen molar-refractivity contribution in [2.45, 2.75) is 12.8 Å². The van der Waals surface area contributed by atoms with Crippen LogP contribution in [-0.2, 0) is 4.79 Å². The third kappa shape index (κ3) is 4.17. The Labute approximate surface area is 160 Å². The quantitative estimate of drug-likeness (QED) is 0.825. The molecule has 1 aliphatic rings. The molecule has 1 saturated heterocycles. The molecule has 2 aromatic rings. The molecule has 7 heteroatoms. The number of nitrogens with zero attached hydrogens (tertiary/aromatic N) is 1. The van der Waals surface area contributed by atoms with Gasteiger partial charge in [0.15, 0.2) is 0 Å². The first-order valence-electron chi connectivity index (χ1n) is 8.25. The average molecular weight is 395 g/mol. The van der Waals surface area contributed by atoms with Crippen LogP contribution in [0, 0.1) is 11.7 Å². The third-order valence-electron chi connectivity index (χ3n) is 4.46. The molecule has 0 bridgehead atoms. The number of carbonyl (C=O) groups excluding carboxylic acids is 2. The molecule has 2 amide bonds. The van der Waals surface area contributed by atoms with E-state index >= 15 is 0 Å². The van der Waals surface area contributed by atoms with Crippen molar-refractivity contribution in [2.75, 3.05) is 18.4 Å². The Bertz CT molecular complexity index is 799. The topological polar surface area (TPSA) is 49.4 Å². The lowest BCUT2D eigenvalue weighted by Gasteiger charge is -2.31. The van der Waals surface area contributed by atoms with Gasteiger partial charge < -0.3 is 10.2 Å². The lowest BCUT2D eigenvalue weighted by Crippen LogP contribution is -2.41. The van der Waals surface area contributed by atoms with Crippen LogP contribution >= 0.6 is 23.2 Å². The first kappa shape index (κ1) is 18.7. The molecule has 0 radical (unpaired) electrons.